The summed E-state index contributed by atoms with van der Waals surface area (Å²) in [5, 5.41) is 0. The number of nitrogens with zero attached hydrogens (tertiary/aromatic N) is 3. The Morgan fingerprint density at radius 1 is 1.25 bits per heavy atom. The maximum atomic E-state index is 11.2. The second kappa shape index (κ2) is 3.85. The van der Waals surface area contributed by atoms with Crippen molar-refractivity contribution in [2.24, 2.45) is 0 Å². The molecule has 0 saturated carbocycles. The van der Waals surface area contributed by atoms with Gasteiger partial charge in [-0.15, -0.1) is 0 Å². The molecule has 16 heavy (non-hydrogen) atoms. The van der Waals surface area contributed by atoms with Crippen LogP contribution in [0.4, 0.5) is 5.69 Å². The maximum Gasteiger partial charge on any atom is 0.153 e. The fourth-order valence-corrected chi connectivity index (χ4v) is 1.72. The van der Waals surface area contributed by atoms with E-state index in [1.54, 1.807) is 0 Å². The van der Waals surface area contributed by atoms with Crippen molar-refractivity contribution >= 4 is 11.5 Å². The number of carbonyl (C=O) groups excluding carboxylic acids is 1. The molecule has 0 bridgehead atoms. The zero-order valence-corrected chi connectivity index (χ0v) is 10.0. The summed E-state index contributed by atoms with van der Waals surface area (Å²) in [5.74, 6) is 1.13. The lowest BCUT2D eigenvalue weighted by atomic mass is 9.96. The molecule has 1 aliphatic rings. The minimum Gasteiger partial charge on any atom is -0.361 e. The summed E-state index contributed by atoms with van der Waals surface area (Å²) in [6, 6.07) is 0. The summed E-state index contributed by atoms with van der Waals surface area (Å²) in [5.41, 5.74) is 0.915. The summed E-state index contributed by atoms with van der Waals surface area (Å²) >= 11 is 0. The topological polar surface area (TPSA) is 46.1 Å². The van der Waals surface area contributed by atoms with Crippen LogP contribution in [0, 0.1) is 0 Å². The van der Waals surface area contributed by atoms with E-state index in [1.807, 2.05) is 17.3 Å². The van der Waals surface area contributed by atoms with Gasteiger partial charge in [0.25, 0.3) is 0 Å². The summed E-state index contributed by atoms with van der Waals surface area (Å²) in [4.78, 5) is 21.9. The van der Waals surface area contributed by atoms with Crippen molar-refractivity contribution in [3.63, 3.8) is 0 Å². The molecule has 0 spiro atoms. The zero-order chi connectivity index (χ0) is 11.8. The number of hydrogen-bond donors (Lipinski definition) is 0. The normalized spacial score (nSPS) is 16.9. The summed E-state index contributed by atoms with van der Waals surface area (Å²) < 4.78 is 0. The molecule has 1 aromatic rings. The first-order valence-electron chi connectivity index (χ1n) is 5.56. The molecule has 4 heteroatoms. The molecule has 0 aromatic carbocycles. The number of Topliss-reactive ketones (excluding diaryl/α,β-unsaturated/α-hetero) is 1. The molecule has 0 atom stereocenters. The highest BCUT2D eigenvalue weighted by atomic mass is 16.1. The van der Waals surface area contributed by atoms with E-state index >= 15 is 0 Å². The zero-order valence-electron chi connectivity index (χ0n) is 10.0. The molecule has 4 nitrogen and oxygen atoms in total. The quantitative estimate of drug-likeness (QED) is 0.719. The molecule has 0 aliphatic carbocycles. The van der Waals surface area contributed by atoms with Gasteiger partial charge in [0, 0.05) is 18.4 Å². The maximum absolute atomic E-state index is 11.2. The number of carbonyl (C=O) groups is 1. The lowest BCUT2D eigenvalue weighted by Crippen LogP contribution is -2.21. The first kappa shape index (κ1) is 11.0. The van der Waals surface area contributed by atoms with Gasteiger partial charge in [0.2, 0.25) is 0 Å². The number of anilines is 1. The molecule has 0 radical (unpaired) electrons. The smallest absolute Gasteiger partial charge is 0.153 e. The van der Waals surface area contributed by atoms with Crippen molar-refractivity contribution in [2.45, 2.75) is 32.6 Å². The average molecular weight is 219 g/mol. The van der Waals surface area contributed by atoms with Gasteiger partial charge in [-0.1, -0.05) is 20.8 Å². The van der Waals surface area contributed by atoms with Crippen LogP contribution in [-0.2, 0) is 10.2 Å². The van der Waals surface area contributed by atoms with Crippen LogP contribution >= 0.6 is 0 Å². The molecule has 2 rings (SSSR count). The van der Waals surface area contributed by atoms with E-state index in [4.69, 9.17) is 0 Å². The third kappa shape index (κ3) is 2.21. The van der Waals surface area contributed by atoms with Crippen LogP contribution in [0.3, 0.4) is 0 Å². The van der Waals surface area contributed by atoms with E-state index in [0.29, 0.717) is 18.7 Å². The van der Waals surface area contributed by atoms with Crippen LogP contribution < -0.4 is 4.90 Å². The molecule has 86 valence electrons. The van der Waals surface area contributed by atoms with Gasteiger partial charge in [0.05, 0.1) is 24.6 Å². The van der Waals surface area contributed by atoms with Crippen molar-refractivity contribution in [1.82, 2.24) is 9.97 Å². The van der Waals surface area contributed by atoms with Gasteiger partial charge >= 0.3 is 0 Å². The fourth-order valence-electron chi connectivity index (χ4n) is 1.72. The Labute approximate surface area is 95.7 Å². The van der Waals surface area contributed by atoms with Crippen LogP contribution in [0.1, 0.15) is 33.0 Å². The molecule has 1 aromatic heterocycles. The van der Waals surface area contributed by atoms with Gasteiger partial charge < -0.3 is 4.90 Å². The van der Waals surface area contributed by atoms with Crippen LogP contribution in [-0.4, -0.2) is 28.8 Å². The third-order valence-corrected chi connectivity index (χ3v) is 2.70. The Morgan fingerprint density at radius 2 is 1.88 bits per heavy atom. The summed E-state index contributed by atoms with van der Waals surface area (Å²) in [7, 11) is 0. The molecular weight excluding hydrogens is 202 g/mol. The highest BCUT2D eigenvalue weighted by Crippen LogP contribution is 2.21. The van der Waals surface area contributed by atoms with Gasteiger partial charge in [-0.2, -0.15) is 0 Å². The average Bonchev–Trinajstić information content (AvgIpc) is 2.64. The minimum atomic E-state index is -0.0284. The molecule has 1 aliphatic heterocycles. The lowest BCUT2D eigenvalue weighted by molar-refractivity contribution is -0.116. The molecule has 0 unspecified atom stereocenters. The molecule has 1 saturated heterocycles. The van der Waals surface area contributed by atoms with Gasteiger partial charge in [-0.05, 0) is 0 Å². The third-order valence-electron chi connectivity index (χ3n) is 2.70. The number of rotatable bonds is 1. The highest BCUT2D eigenvalue weighted by Gasteiger charge is 2.21. The highest BCUT2D eigenvalue weighted by molar-refractivity contribution is 5.86. The van der Waals surface area contributed by atoms with Gasteiger partial charge in [0.15, 0.2) is 5.78 Å². The van der Waals surface area contributed by atoms with E-state index in [0.717, 1.165) is 18.1 Å². The predicted octanol–water partition coefficient (Wildman–Crippen LogP) is 1.55. The molecule has 1 fully saturated rings. The van der Waals surface area contributed by atoms with E-state index in [-0.39, 0.29) is 5.41 Å². The van der Waals surface area contributed by atoms with Crippen LogP contribution in [0.2, 0.25) is 0 Å². The summed E-state index contributed by atoms with van der Waals surface area (Å²) in [6.07, 6.45) is 4.26. The van der Waals surface area contributed by atoms with E-state index < -0.39 is 0 Å². The Morgan fingerprint density at radius 3 is 2.31 bits per heavy atom. The van der Waals surface area contributed by atoms with Gasteiger partial charge in [-0.3, -0.25) is 4.79 Å². The van der Waals surface area contributed by atoms with Gasteiger partial charge in [0.1, 0.15) is 5.82 Å². The monoisotopic (exact) mass is 219 g/mol. The van der Waals surface area contributed by atoms with Crippen molar-refractivity contribution in [1.29, 1.82) is 0 Å². The Bertz CT molecular complexity index is 392. The number of hydrogen-bond acceptors (Lipinski definition) is 4. The first-order valence-corrected chi connectivity index (χ1v) is 5.56. The van der Waals surface area contributed by atoms with E-state index in [2.05, 4.69) is 30.7 Å². The second-order valence-electron chi connectivity index (χ2n) is 5.23. The summed E-state index contributed by atoms with van der Waals surface area (Å²) in [6.45, 7) is 7.54. The van der Waals surface area contributed by atoms with Crippen molar-refractivity contribution in [2.75, 3.05) is 18.0 Å². The molecule has 0 amide bonds. The number of aromatic nitrogens is 2. The molecular formula is C12H17N3O. The predicted molar refractivity (Wildman–Crippen MR) is 62.6 cm³/mol. The fraction of sp³-hybridized carbons (Fsp3) is 0.583. The Hall–Kier alpha value is -1.45. The molecule has 0 N–H and O–H groups in total. The Kier molecular flexibility index (Phi) is 2.66. The van der Waals surface area contributed by atoms with Crippen molar-refractivity contribution in [3.8, 4) is 0 Å². The Balaban J connectivity index is 2.17. The molecule has 2 heterocycles. The van der Waals surface area contributed by atoms with Crippen LogP contribution in [0.25, 0.3) is 0 Å². The van der Waals surface area contributed by atoms with E-state index in [1.165, 1.54) is 0 Å². The number of ketones is 1. The second-order valence-corrected chi connectivity index (χ2v) is 5.23. The SMILES string of the molecule is CC(C)(C)c1ncc(N2CCC(=O)C2)cn1. The minimum absolute atomic E-state index is 0.0284. The van der Waals surface area contributed by atoms with Gasteiger partial charge in [-0.25, -0.2) is 9.97 Å². The lowest BCUT2D eigenvalue weighted by Gasteiger charge is -2.19. The van der Waals surface area contributed by atoms with E-state index in [9.17, 15) is 4.79 Å². The standard InChI is InChI=1S/C12H17N3O/c1-12(2,3)11-13-6-9(7-14-11)15-5-4-10(16)8-15/h6-7H,4-5,8H2,1-3H3. The van der Waals surface area contributed by atoms with Crippen molar-refractivity contribution in [3.05, 3.63) is 18.2 Å². The van der Waals surface area contributed by atoms with Crippen LogP contribution in [0.15, 0.2) is 12.4 Å². The first-order chi connectivity index (χ1) is 7.47. The largest absolute Gasteiger partial charge is 0.361 e. The van der Waals surface area contributed by atoms with Crippen LogP contribution in [0.5, 0.6) is 0 Å². The van der Waals surface area contributed by atoms with Crippen molar-refractivity contribution < 1.29 is 4.79 Å².